The molecule has 6 rings (SSSR count). The predicted octanol–water partition coefficient (Wildman–Crippen LogP) is 4.64. The molecule has 1 aromatic rings. The molecule has 0 spiro atoms. The van der Waals surface area contributed by atoms with E-state index in [1.54, 1.807) is 13.2 Å². The average molecular weight is 695 g/mol. The highest BCUT2D eigenvalue weighted by molar-refractivity contribution is 5.85. The number of amides is 2. The highest BCUT2D eigenvalue weighted by Gasteiger charge is 2.70. The Labute approximate surface area is 297 Å². The number of hydrogen-bond donors (Lipinski definition) is 4. The third-order valence-electron chi connectivity index (χ3n) is 13.8. The van der Waals surface area contributed by atoms with Gasteiger partial charge in [-0.05, 0) is 123 Å². The molecule has 4 aliphatic carbocycles. The monoisotopic (exact) mass is 694 g/mol. The maximum Gasteiger partial charge on any atom is 0.331 e. The minimum atomic E-state index is -0.976. The summed E-state index contributed by atoms with van der Waals surface area (Å²) in [6.45, 7) is 5.91. The number of aliphatic hydroxyl groups excluding tert-OH is 1. The third kappa shape index (κ3) is 7.22. The second kappa shape index (κ2) is 15.3. The van der Waals surface area contributed by atoms with Crippen molar-refractivity contribution in [1.29, 1.82) is 0 Å². The van der Waals surface area contributed by atoms with Crippen LogP contribution in [0.2, 0.25) is 0 Å². The fourth-order valence-corrected chi connectivity index (χ4v) is 10.8. The number of rotatable bonds is 14. The van der Waals surface area contributed by atoms with Crippen molar-refractivity contribution < 1.29 is 38.8 Å². The fourth-order valence-electron chi connectivity index (χ4n) is 10.8. The zero-order valence-electron chi connectivity index (χ0n) is 30.2. The summed E-state index contributed by atoms with van der Waals surface area (Å²) in [6.07, 6.45) is 11.4. The van der Waals surface area contributed by atoms with Gasteiger partial charge in [0, 0.05) is 31.0 Å². The molecule has 4 saturated carbocycles. The Morgan fingerprint density at radius 3 is 2.46 bits per heavy atom. The molecule has 10 heteroatoms. The van der Waals surface area contributed by atoms with Crippen molar-refractivity contribution in [1.82, 2.24) is 10.6 Å². The molecule has 1 aliphatic heterocycles. The SMILES string of the molecule is COc1ccc(CCNC(=O)CCCCCNC(=O)CO[C@H]2CC[C@@]3(C)[C@H](CC[C@@H]4[C@@H]3C[C@@H](O)[C@]3(C)[C@@H](C5=CC(=O)OC5)CC[C@]43O)C2)cc1. The normalized spacial score (nSPS) is 36.0. The van der Waals surface area contributed by atoms with Gasteiger partial charge in [-0.3, -0.25) is 9.59 Å². The maximum atomic E-state index is 12.6. The average Bonchev–Trinajstić information content (AvgIpc) is 3.66. The summed E-state index contributed by atoms with van der Waals surface area (Å²) in [6, 6.07) is 7.86. The highest BCUT2D eigenvalue weighted by atomic mass is 16.5. The lowest BCUT2D eigenvalue weighted by molar-refractivity contribution is -0.245. The highest BCUT2D eigenvalue weighted by Crippen LogP contribution is 2.70. The van der Waals surface area contributed by atoms with E-state index in [1.165, 1.54) is 0 Å². The zero-order valence-corrected chi connectivity index (χ0v) is 30.2. The van der Waals surface area contributed by atoms with E-state index in [1.807, 2.05) is 31.2 Å². The second-order valence-electron chi connectivity index (χ2n) is 16.2. The van der Waals surface area contributed by atoms with Gasteiger partial charge in [0.15, 0.2) is 0 Å². The van der Waals surface area contributed by atoms with Crippen LogP contribution >= 0.6 is 0 Å². The number of carbonyl (C=O) groups excluding carboxylic acids is 3. The molecule has 9 atom stereocenters. The van der Waals surface area contributed by atoms with Crippen LogP contribution in [0, 0.1) is 34.5 Å². The number of nitrogens with one attached hydrogen (secondary N) is 2. The first-order chi connectivity index (χ1) is 24.0. The lowest BCUT2D eigenvalue weighted by atomic mass is 9.42. The van der Waals surface area contributed by atoms with Gasteiger partial charge in [-0.1, -0.05) is 32.4 Å². The first kappa shape index (κ1) is 36.8. The first-order valence-corrected chi connectivity index (χ1v) is 19.0. The molecule has 2 amide bonds. The Morgan fingerprint density at radius 2 is 1.72 bits per heavy atom. The van der Waals surface area contributed by atoms with E-state index < -0.39 is 17.1 Å². The molecule has 0 radical (unpaired) electrons. The number of esters is 1. The first-order valence-electron chi connectivity index (χ1n) is 19.0. The molecule has 0 unspecified atom stereocenters. The zero-order chi connectivity index (χ0) is 35.5. The van der Waals surface area contributed by atoms with Crippen LogP contribution in [0.25, 0.3) is 0 Å². The summed E-state index contributed by atoms with van der Waals surface area (Å²) in [5.74, 6) is 1.16. The summed E-state index contributed by atoms with van der Waals surface area (Å²) in [7, 11) is 1.64. The standard InChI is InChI=1S/C40H58N2O8/c1-38-17-14-30(49-25-36(45)41-19-6-4-5-7-35(44)42-20-16-26-8-11-29(48-3)12-9-26)22-28(38)10-13-32-33(38)23-34(43)39(2)31(15-18-40(32,39)47)27-21-37(46)50-24-27/h8-9,11-12,21,28,30-34,43,47H,4-7,10,13-20,22-25H2,1-3H3,(H,41,45)(H,42,44)/t28-,30+,31-,32-,33+,34-,38+,39+,40+/m1/s1. The molecular formula is C40H58N2O8. The number of unbranched alkanes of at least 4 members (excludes halogenated alkanes) is 2. The Morgan fingerprint density at radius 1 is 0.940 bits per heavy atom. The van der Waals surface area contributed by atoms with Crippen LogP contribution in [0.3, 0.4) is 0 Å². The van der Waals surface area contributed by atoms with Gasteiger partial charge in [-0.25, -0.2) is 4.79 Å². The van der Waals surface area contributed by atoms with E-state index in [9.17, 15) is 24.6 Å². The van der Waals surface area contributed by atoms with E-state index in [4.69, 9.17) is 14.2 Å². The van der Waals surface area contributed by atoms with Crippen LogP contribution in [0.15, 0.2) is 35.9 Å². The molecular weight excluding hydrogens is 636 g/mol. The van der Waals surface area contributed by atoms with Crippen LogP contribution < -0.4 is 15.4 Å². The van der Waals surface area contributed by atoms with Crippen molar-refractivity contribution in [3.63, 3.8) is 0 Å². The van der Waals surface area contributed by atoms with Crippen LogP contribution in [0.5, 0.6) is 5.75 Å². The Hall–Kier alpha value is -2.95. The van der Waals surface area contributed by atoms with Gasteiger partial charge < -0.3 is 35.1 Å². The molecule has 50 heavy (non-hydrogen) atoms. The van der Waals surface area contributed by atoms with E-state index in [-0.39, 0.29) is 60.3 Å². The van der Waals surface area contributed by atoms with Crippen LogP contribution in [0.1, 0.15) is 96.5 Å². The lowest BCUT2D eigenvalue weighted by Crippen LogP contribution is -2.67. The lowest BCUT2D eigenvalue weighted by Gasteiger charge is -2.65. The van der Waals surface area contributed by atoms with Crippen molar-refractivity contribution in [3.8, 4) is 5.75 Å². The number of cyclic esters (lactones) is 1. The largest absolute Gasteiger partial charge is 0.497 e. The van der Waals surface area contributed by atoms with Gasteiger partial charge in [-0.15, -0.1) is 0 Å². The summed E-state index contributed by atoms with van der Waals surface area (Å²) >= 11 is 0. The van der Waals surface area contributed by atoms with E-state index in [0.717, 1.165) is 81.1 Å². The third-order valence-corrected chi connectivity index (χ3v) is 13.8. The number of ether oxygens (including phenoxy) is 3. The number of fused-ring (bicyclic) bond motifs is 5. The van der Waals surface area contributed by atoms with E-state index >= 15 is 0 Å². The minimum Gasteiger partial charge on any atom is -0.497 e. The van der Waals surface area contributed by atoms with Crippen molar-refractivity contribution in [3.05, 3.63) is 41.5 Å². The molecule has 0 bridgehead atoms. The molecule has 4 fully saturated rings. The Balaban J connectivity index is 0.882. The summed E-state index contributed by atoms with van der Waals surface area (Å²) in [5.41, 5.74) is 0.404. The summed E-state index contributed by atoms with van der Waals surface area (Å²) in [5, 5.41) is 30.2. The minimum absolute atomic E-state index is 0.000307. The van der Waals surface area contributed by atoms with Crippen LogP contribution in [0.4, 0.5) is 0 Å². The molecule has 5 aliphatic rings. The van der Waals surface area contributed by atoms with Gasteiger partial charge in [0.2, 0.25) is 11.8 Å². The topological polar surface area (TPSA) is 143 Å². The molecule has 4 N–H and O–H groups in total. The predicted molar refractivity (Wildman–Crippen MR) is 188 cm³/mol. The van der Waals surface area contributed by atoms with Crippen molar-refractivity contribution in [2.75, 3.05) is 33.4 Å². The Bertz CT molecular complexity index is 1410. The quantitative estimate of drug-likeness (QED) is 0.163. The second-order valence-corrected chi connectivity index (χ2v) is 16.2. The fraction of sp³-hybridized carbons (Fsp3) is 0.725. The maximum absolute atomic E-state index is 12.6. The summed E-state index contributed by atoms with van der Waals surface area (Å²) in [4.78, 5) is 36.6. The number of benzene rings is 1. The molecule has 0 saturated heterocycles. The van der Waals surface area contributed by atoms with Crippen molar-refractivity contribution in [2.45, 2.75) is 115 Å². The van der Waals surface area contributed by atoms with Crippen molar-refractivity contribution in [2.24, 2.45) is 34.5 Å². The van der Waals surface area contributed by atoms with E-state index in [0.29, 0.717) is 38.3 Å². The number of aliphatic hydroxyl groups is 2. The molecule has 10 nitrogen and oxygen atoms in total. The van der Waals surface area contributed by atoms with Crippen LogP contribution in [-0.4, -0.2) is 79.2 Å². The Kier molecular flexibility index (Phi) is 11.3. The number of hydrogen-bond acceptors (Lipinski definition) is 8. The van der Waals surface area contributed by atoms with Gasteiger partial charge in [-0.2, -0.15) is 0 Å². The number of carbonyl (C=O) groups is 3. The molecule has 276 valence electrons. The van der Waals surface area contributed by atoms with E-state index in [2.05, 4.69) is 17.6 Å². The molecule has 0 aromatic heterocycles. The van der Waals surface area contributed by atoms with Gasteiger partial charge in [0.1, 0.15) is 19.0 Å². The number of methoxy groups -OCH3 is 1. The van der Waals surface area contributed by atoms with Crippen molar-refractivity contribution >= 4 is 17.8 Å². The van der Waals surface area contributed by atoms with Gasteiger partial charge >= 0.3 is 5.97 Å². The van der Waals surface area contributed by atoms with Crippen LogP contribution in [-0.2, 0) is 30.3 Å². The summed E-state index contributed by atoms with van der Waals surface area (Å²) < 4.78 is 16.6. The van der Waals surface area contributed by atoms with Gasteiger partial charge in [0.25, 0.3) is 0 Å². The smallest absolute Gasteiger partial charge is 0.331 e. The van der Waals surface area contributed by atoms with Gasteiger partial charge in [0.05, 0.1) is 24.9 Å². The molecule has 1 heterocycles. The molecule has 1 aromatic carbocycles.